The molecule has 0 radical (unpaired) electrons. The second-order valence-electron chi connectivity index (χ2n) is 6.87. The summed E-state index contributed by atoms with van der Waals surface area (Å²) in [5, 5.41) is 14.7. The minimum absolute atomic E-state index is 0.113. The Morgan fingerprint density at radius 1 is 1.14 bits per heavy atom. The summed E-state index contributed by atoms with van der Waals surface area (Å²) in [4.78, 5) is 15.0. The third-order valence-electron chi connectivity index (χ3n) is 5.30. The molecule has 1 aliphatic rings. The lowest BCUT2D eigenvalue weighted by Gasteiger charge is -2.34. The van der Waals surface area contributed by atoms with Gasteiger partial charge in [-0.3, -0.25) is 9.69 Å². The molecule has 6 heteroatoms. The van der Waals surface area contributed by atoms with Crippen molar-refractivity contribution >= 4 is 11.7 Å². The van der Waals surface area contributed by atoms with Gasteiger partial charge in [0, 0.05) is 23.6 Å². The second kappa shape index (κ2) is 7.64. The van der Waals surface area contributed by atoms with Crippen molar-refractivity contribution in [3.8, 4) is 5.69 Å². The molecule has 2 aromatic carbocycles. The molecule has 0 spiro atoms. The van der Waals surface area contributed by atoms with Crippen LogP contribution in [0.4, 0.5) is 10.2 Å². The molecule has 0 aliphatic carbocycles. The van der Waals surface area contributed by atoms with Gasteiger partial charge in [0.05, 0.1) is 18.0 Å². The van der Waals surface area contributed by atoms with Gasteiger partial charge in [0.25, 0.3) is 5.91 Å². The number of anilines is 1. The van der Waals surface area contributed by atoms with E-state index in [2.05, 4.69) is 5.10 Å². The highest BCUT2D eigenvalue weighted by Gasteiger charge is 2.41. The number of rotatable bonds is 4. The van der Waals surface area contributed by atoms with Gasteiger partial charge < -0.3 is 5.11 Å². The zero-order valence-corrected chi connectivity index (χ0v) is 16.3. The highest BCUT2D eigenvalue weighted by molar-refractivity contribution is 6.10. The monoisotopic (exact) mass is 391 g/mol. The van der Waals surface area contributed by atoms with Gasteiger partial charge in [-0.05, 0) is 43.7 Å². The van der Waals surface area contributed by atoms with Gasteiger partial charge >= 0.3 is 0 Å². The average molecular weight is 391 g/mol. The maximum Gasteiger partial charge on any atom is 0.255 e. The summed E-state index contributed by atoms with van der Waals surface area (Å²) in [6, 6.07) is 15.7. The quantitative estimate of drug-likeness (QED) is 0.685. The maximum absolute atomic E-state index is 13.5. The molecule has 0 fully saturated rings. The molecule has 0 saturated heterocycles. The predicted octanol–water partition coefficient (Wildman–Crippen LogP) is 3.95. The zero-order valence-electron chi connectivity index (χ0n) is 16.3. The summed E-state index contributed by atoms with van der Waals surface area (Å²) in [5.74, 6) is -0.229. The lowest BCUT2D eigenvalue weighted by atomic mass is 9.81. The van der Waals surface area contributed by atoms with Crippen molar-refractivity contribution in [2.45, 2.75) is 26.4 Å². The minimum Gasteiger partial charge on any atom is -0.390 e. The molecular formula is C23H22FN3O2. The Morgan fingerprint density at radius 2 is 1.83 bits per heavy atom. The van der Waals surface area contributed by atoms with Crippen LogP contribution in [0.2, 0.25) is 0 Å². The van der Waals surface area contributed by atoms with E-state index < -0.39 is 5.92 Å². The number of para-hydroxylation sites is 1. The van der Waals surface area contributed by atoms with E-state index in [0.29, 0.717) is 23.6 Å². The van der Waals surface area contributed by atoms with Crippen LogP contribution in [-0.4, -0.2) is 27.3 Å². The van der Waals surface area contributed by atoms with Crippen LogP contribution in [0.25, 0.3) is 5.69 Å². The molecule has 3 aromatic rings. The third-order valence-corrected chi connectivity index (χ3v) is 5.30. The molecule has 1 aromatic heterocycles. The average Bonchev–Trinajstić information content (AvgIpc) is 3.13. The number of likely N-dealkylation sites (N-methyl/N-ethyl adjacent to an activating group) is 1. The fourth-order valence-corrected chi connectivity index (χ4v) is 4.00. The Kier molecular flexibility index (Phi) is 5.03. The van der Waals surface area contributed by atoms with Gasteiger partial charge in [-0.25, -0.2) is 9.07 Å². The summed E-state index contributed by atoms with van der Waals surface area (Å²) in [6.45, 7) is 3.93. The van der Waals surface area contributed by atoms with Crippen LogP contribution in [0.1, 0.15) is 36.6 Å². The van der Waals surface area contributed by atoms with E-state index in [9.17, 15) is 14.3 Å². The number of hydrogen-bond acceptors (Lipinski definition) is 3. The van der Waals surface area contributed by atoms with Crippen LogP contribution in [-0.2, 0) is 11.4 Å². The standard InChI is InChI=1S/C23H22FN3O2/c1-3-18-20(15-10-12-16(24)13-11-15)21-19(14-28)25-27(17-8-6-5-7-9-17)22(21)26(4-2)23(18)29/h3,5-13,20,28H,4,14H2,1-2H3/b18-3-/t20-/m0/s1. The fourth-order valence-electron chi connectivity index (χ4n) is 4.00. The highest BCUT2D eigenvalue weighted by atomic mass is 19.1. The number of fused-ring (bicyclic) bond motifs is 1. The molecular weight excluding hydrogens is 369 g/mol. The Balaban J connectivity index is 2.04. The number of hydrogen-bond donors (Lipinski definition) is 1. The van der Waals surface area contributed by atoms with Crippen molar-refractivity contribution < 1.29 is 14.3 Å². The molecule has 0 bridgehead atoms. The van der Waals surface area contributed by atoms with E-state index >= 15 is 0 Å². The van der Waals surface area contributed by atoms with Crippen LogP contribution in [0.15, 0.2) is 66.2 Å². The van der Waals surface area contributed by atoms with Gasteiger partial charge in [-0.15, -0.1) is 0 Å². The van der Waals surface area contributed by atoms with Gasteiger partial charge in [0.2, 0.25) is 0 Å². The van der Waals surface area contributed by atoms with Crippen LogP contribution < -0.4 is 4.90 Å². The minimum atomic E-state index is -0.425. The topological polar surface area (TPSA) is 58.4 Å². The summed E-state index contributed by atoms with van der Waals surface area (Å²) >= 11 is 0. The van der Waals surface area contributed by atoms with E-state index in [1.54, 1.807) is 27.8 Å². The number of amides is 1. The lowest BCUT2D eigenvalue weighted by molar-refractivity contribution is -0.115. The third kappa shape index (κ3) is 3.06. The van der Waals surface area contributed by atoms with Crippen molar-refractivity contribution in [3.05, 3.63) is 88.9 Å². The molecule has 0 unspecified atom stereocenters. The number of aliphatic hydroxyl groups excluding tert-OH is 1. The number of benzene rings is 2. The Morgan fingerprint density at radius 3 is 2.41 bits per heavy atom. The van der Waals surface area contributed by atoms with Gasteiger partial charge in [-0.2, -0.15) is 5.10 Å². The molecule has 1 aliphatic heterocycles. The molecule has 2 heterocycles. The molecule has 1 atom stereocenters. The Hall–Kier alpha value is -3.25. The molecule has 1 amide bonds. The van der Waals surface area contributed by atoms with Crippen molar-refractivity contribution in [1.29, 1.82) is 0 Å². The summed E-state index contributed by atoms with van der Waals surface area (Å²) < 4.78 is 15.3. The Labute approximate surface area is 168 Å². The lowest BCUT2D eigenvalue weighted by Crippen LogP contribution is -2.40. The predicted molar refractivity (Wildman–Crippen MR) is 110 cm³/mol. The van der Waals surface area contributed by atoms with Crippen LogP contribution in [0.5, 0.6) is 0 Å². The molecule has 4 rings (SSSR count). The van der Waals surface area contributed by atoms with Crippen molar-refractivity contribution in [3.63, 3.8) is 0 Å². The first kappa shape index (κ1) is 19.1. The number of carbonyl (C=O) groups excluding carboxylic acids is 1. The highest BCUT2D eigenvalue weighted by Crippen LogP contribution is 2.45. The molecule has 148 valence electrons. The first-order valence-electron chi connectivity index (χ1n) is 9.62. The molecule has 1 N–H and O–H groups in total. The zero-order chi connectivity index (χ0) is 20.5. The number of nitrogens with zero attached hydrogens (tertiary/aromatic N) is 3. The Bertz CT molecular complexity index is 1070. The number of aliphatic hydroxyl groups is 1. The largest absolute Gasteiger partial charge is 0.390 e. The van der Waals surface area contributed by atoms with Crippen LogP contribution in [0.3, 0.4) is 0 Å². The number of allylic oxidation sites excluding steroid dienone is 1. The maximum atomic E-state index is 13.5. The summed E-state index contributed by atoms with van der Waals surface area (Å²) in [7, 11) is 0. The molecule has 29 heavy (non-hydrogen) atoms. The smallest absolute Gasteiger partial charge is 0.255 e. The van der Waals surface area contributed by atoms with Gasteiger partial charge in [0.15, 0.2) is 0 Å². The SMILES string of the molecule is C/C=C1\C(=O)N(CC)c2c(c(CO)nn2-c2ccccc2)[C@H]1c1ccc(F)cc1. The number of halogens is 1. The van der Waals surface area contributed by atoms with E-state index in [0.717, 1.165) is 16.8 Å². The van der Waals surface area contributed by atoms with Crippen molar-refractivity contribution in [2.75, 3.05) is 11.4 Å². The van der Waals surface area contributed by atoms with Gasteiger partial charge in [-0.1, -0.05) is 36.4 Å². The first-order valence-corrected chi connectivity index (χ1v) is 9.62. The normalized spacial score (nSPS) is 17.7. The van der Waals surface area contributed by atoms with Crippen molar-refractivity contribution in [2.24, 2.45) is 0 Å². The first-order chi connectivity index (χ1) is 14.1. The summed E-state index contributed by atoms with van der Waals surface area (Å²) in [6.07, 6.45) is 1.79. The van der Waals surface area contributed by atoms with E-state index in [-0.39, 0.29) is 18.3 Å². The number of carbonyl (C=O) groups is 1. The van der Waals surface area contributed by atoms with Crippen molar-refractivity contribution in [1.82, 2.24) is 9.78 Å². The van der Waals surface area contributed by atoms with E-state index in [4.69, 9.17) is 0 Å². The van der Waals surface area contributed by atoms with Crippen LogP contribution >= 0.6 is 0 Å². The van der Waals surface area contributed by atoms with E-state index in [1.807, 2.05) is 44.2 Å². The van der Waals surface area contributed by atoms with E-state index in [1.165, 1.54) is 12.1 Å². The molecule has 0 saturated carbocycles. The second-order valence-corrected chi connectivity index (χ2v) is 6.87. The van der Waals surface area contributed by atoms with Crippen LogP contribution in [0, 0.1) is 5.82 Å². The fraction of sp³-hybridized carbons (Fsp3) is 0.217. The summed E-state index contributed by atoms with van der Waals surface area (Å²) in [5.41, 5.74) is 3.46. The number of aromatic nitrogens is 2. The van der Waals surface area contributed by atoms with Gasteiger partial charge in [0.1, 0.15) is 11.6 Å². The molecule has 5 nitrogen and oxygen atoms in total.